The van der Waals surface area contributed by atoms with Crippen molar-refractivity contribution < 1.29 is 0 Å². The van der Waals surface area contributed by atoms with E-state index in [1.54, 1.807) is 0 Å². The number of benzene rings is 6. The highest BCUT2D eigenvalue weighted by Gasteiger charge is 2.19. The van der Waals surface area contributed by atoms with Crippen molar-refractivity contribution in [2.24, 2.45) is 0 Å². The molecule has 1 N–H and O–H groups in total. The molecular weight excluding hydrogens is 508 g/mol. The van der Waals surface area contributed by atoms with Gasteiger partial charge in [-0.05, 0) is 124 Å². The van der Waals surface area contributed by atoms with E-state index in [1.807, 2.05) is 24.4 Å². The number of pyridine rings is 1. The van der Waals surface area contributed by atoms with Crippen molar-refractivity contribution in [1.29, 1.82) is 5.41 Å². The Bertz CT molecular complexity index is 2560. The van der Waals surface area contributed by atoms with Crippen molar-refractivity contribution in [3.8, 4) is 11.3 Å². The van der Waals surface area contributed by atoms with Gasteiger partial charge in [0.05, 0.1) is 11.4 Å². The zero-order chi connectivity index (χ0) is 27.9. The molecule has 0 atom stereocenters. The molecule has 0 radical (unpaired) electrons. The standard InChI is InChI=1S/C40H26N2/c1-2-3-12-37(41)23-14-16-25-27-8-6-10-29-34-22-36-32-20-24(38-13-4-5-18-42-38)15-17-26(32)28-9-7-11-30(40(28)36)33(34)21-35(39(27)29)31(25)19-23/h3-22,41H,2H2,1H3/b12-3-,41-37?. The summed E-state index contributed by atoms with van der Waals surface area (Å²) in [6.45, 7) is 2.10. The summed E-state index contributed by atoms with van der Waals surface area (Å²) in [7, 11) is 0. The third kappa shape index (κ3) is 3.09. The number of allylic oxidation sites excluding steroid dienone is 2. The number of hydrogen-bond acceptors (Lipinski definition) is 2. The molecule has 42 heavy (non-hydrogen) atoms. The summed E-state index contributed by atoms with van der Waals surface area (Å²) >= 11 is 0. The Balaban J connectivity index is 1.41. The van der Waals surface area contributed by atoms with Gasteiger partial charge in [-0.1, -0.05) is 79.7 Å². The van der Waals surface area contributed by atoms with Crippen LogP contribution in [-0.2, 0) is 0 Å². The minimum absolute atomic E-state index is 0.557. The average molecular weight is 535 g/mol. The predicted molar refractivity (Wildman–Crippen MR) is 181 cm³/mol. The Morgan fingerprint density at radius 2 is 1.17 bits per heavy atom. The van der Waals surface area contributed by atoms with Gasteiger partial charge >= 0.3 is 0 Å². The van der Waals surface area contributed by atoms with E-state index >= 15 is 0 Å². The summed E-state index contributed by atoms with van der Waals surface area (Å²) in [5, 5.41) is 26.6. The largest absolute Gasteiger partial charge is 0.300 e. The molecule has 2 nitrogen and oxygen atoms in total. The third-order valence-electron chi connectivity index (χ3n) is 9.11. The fourth-order valence-corrected chi connectivity index (χ4v) is 7.24. The maximum absolute atomic E-state index is 8.64. The smallest absolute Gasteiger partial charge is 0.0702 e. The van der Waals surface area contributed by atoms with Crippen LogP contribution < -0.4 is 0 Å². The van der Waals surface area contributed by atoms with E-state index in [0.717, 1.165) is 23.2 Å². The molecule has 0 bridgehead atoms. The molecule has 0 amide bonds. The summed E-state index contributed by atoms with van der Waals surface area (Å²) in [5.74, 6) is 0. The highest BCUT2D eigenvalue weighted by atomic mass is 14.7. The summed E-state index contributed by atoms with van der Waals surface area (Å²) in [6, 6.07) is 37.7. The van der Waals surface area contributed by atoms with E-state index in [9.17, 15) is 0 Å². The first kappa shape index (κ1) is 23.4. The quantitative estimate of drug-likeness (QED) is 0.177. The lowest BCUT2D eigenvalue weighted by atomic mass is 9.93. The van der Waals surface area contributed by atoms with Crippen LogP contribution in [0.15, 0.2) is 121 Å². The van der Waals surface area contributed by atoms with Gasteiger partial charge in [-0.3, -0.25) is 4.98 Å². The maximum atomic E-state index is 8.64. The molecule has 0 aliphatic carbocycles. The Kier molecular flexibility index (Phi) is 4.77. The summed E-state index contributed by atoms with van der Waals surface area (Å²) < 4.78 is 0. The van der Waals surface area contributed by atoms with Gasteiger partial charge in [0.15, 0.2) is 0 Å². The van der Waals surface area contributed by atoms with Gasteiger partial charge in [-0.15, -0.1) is 0 Å². The monoisotopic (exact) mass is 534 g/mol. The number of nitrogens with zero attached hydrogens (tertiary/aromatic N) is 1. The Labute approximate surface area is 242 Å². The summed E-state index contributed by atoms with van der Waals surface area (Å²) in [4.78, 5) is 4.62. The fourth-order valence-electron chi connectivity index (χ4n) is 7.24. The number of aromatic nitrogens is 1. The van der Waals surface area contributed by atoms with Crippen molar-refractivity contribution in [3.05, 3.63) is 127 Å². The second-order valence-corrected chi connectivity index (χ2v) is 11.4. The van der Waals surface area contributed by atoms with Crippen LogP contribution in [0.4, 0.5) is 0 Å². The molecule has 0 aliphatic rings. The third-order valence-corrected chi connectivity index (χ3v) is 9.11. The van der Waals surface area contributed by atoms with Gasteiger partial charge < -0.3 is 5.41 Å². The molecule has 1 heterocycles. The minimum atomic E-state index is 0.557. The van der Waals surface area contributed by atoms with Crippen LogP contribution >= 0.6 is 0 Å². The highest BCUT2D eigenvalue weighted by molar-refractivity contribution is 6.41. The van der Waals surface area contributed by atoms with Crippen LogP contribution in [0.2, 0.25) is 0 Å². The molecule has 0 aliphatic heterocycles. The normalized spacial score (nSPS) is 12.5. The molecule has 196 valence electrons. The van der Waals surface area contributed by atoms with Gasteiger partial charge in [0.2, 0.25) is 0 Å². The van der Waals surface area contributed by atoms with Crippen LogP contribution in [0.1, 0.15) is 18.9 Å². The van der Waals surface area contributed by atoms with Crippen molar-refractivity contribution >= 4 is 81.1 Å². The highest BCUT2D eigenvalue weighted by Crippen LogP contribution is 2.47. The maximum Gasteiger partial charge on any atom is 0.0702 e. The average Bonchev–Trinajstić information content (AvgIpc) is 3.54. The van der Waals surface area contributed by atoms with E-state index in [-0.39, 0.29) is 0 Å². The van der Waals surface area contributed by atoms with Crippen LogP contribution in [0.5, 0.6) is 0 Å². The predicted octanol–water partition coefficient (Wildman–Crippen LogP) is 11.0. The minimum Gasteiger partial charge on any atom is -0.300 e. The van der Waals surface area contributed by atoms with Gasteiger partial charge in [-0.25, -0.2) is 0 Å². The zero-order valence-corrected chi connectivity index (χ0v) is 23.2. The lowest BCUT2D eigenvalue weighted by molar-refractivity contribution is 1.23. The van der Waals surface area contributed by atoms with Gasteiger partial charge in [-0.2, -0.15) is 0 Å². The first-order valence-electron chi connectivity index (χ1n) is 14.6. The van der Waals surface area contributed by atoms with E-state index in [1.165, 1.54) is 75.4 Å². The van der Waals surface area contributed by atoms with E-state index < -0.39 is 0 Å². The summed E-state index contributed by atoms with van der Waals surface area (Å²) in [5.41, 5.74) is 3.65. The number of nitrogens with one attached hydrogen (secondary N) is 1. The molecule has 9 aromatic rings. The Morgan fingerprint density at radius 1 is 0.571 bits per heavy atom. The van der Waals surface area contributed by atoms with E-state index in [0.29, 0.717) is 5.71 Å². The van der Waals surface area contributed by atoms with Gasteiger partial charge in [0.1, 0.15) is 0 Å². The number of rotatable bonds is 4. The first-order valence-corrected chi connectivity index (χ1v) is 14.6. The topological polar surface area (TPSA) is 36.7 Å². The van der Waals surface area contributed by atoms with Crippen molar-refractivity contribution in [2.75, 3.05) is 0 Å². The molecule has 0 spiro atoms. The molecule has 2 heteroatoms. The molecule has 0 saturated carbocycles. The SMILES string of the molecule is CC/C=C\C(=N)c1ccc2c(c1)c1cc3c(cc4c5cc(-c6ccccn6)ccc5c5cccc3c54)c3cccc2c31. The Morgan fingerprint density at radius 3 is 1.79 bits per heavy atom. The molecule has 0 unspecified atom stereocenters. The molecule has 0 saturated heterocycles. The lowest BCUT2D eigenvalue weighted by Gasteiger charge is -2.10. The van der Waals surface area contributed by atoms with Crippen LogP contribution in [0, 0.1) is 5.41 Å². The fraction of sp³-hybridized carbons (Fsp3) is 0.0500. The Hall–Kier alpha value is -5.34. The van der Waals surface area contributed by atoms with Crippen LogP contribution in [-0.4, -0.2) is 10.7 Å². The first-order chi connectivity index (χ1) is 20.7. The van der Waals surface area contributed by atoms with Crippen molar-refractivity contribution in [2.45, 2.75) is 13.3 Å². The summed E-state index contributed by atoms with van der Waals surface area (Å²) in [6.07, 6.45) is 6.76. The molecule has 8 aromatic carbocycles. The van der Waals surface area contributed by atoms with Crippen LogP contribution in [0.25, 0.3) is 86.7 Å². The van der Waals surface area contributed by atoms with Gasteiger partial charge in [0, 0.05) is 17.3 Å². The molecule has 1 aromatic heterocycles. The van der Waals surface area contributed by atoms with Gasteiger partial charge in [0.25, 0.3) is 0 Å². The second-order valence-electron chi connectivity index (χ2n) is 11.4. The van der Waals surface area contributed by atoms with E-state index in [4.69, 9.17) is 5.41 Å². The van der Waals surface area contributed by atoms with Crippen LogP contribution in [0.3, 0.4) is 0 Å². The lowest BCUT2D eigenvalue weighted by Crippen LogP contribution is -1.93. The van der Waals surface area contributed by atoms with E-state index in [2.05, 4.69) is 109 Å². The molecular formula is C40H26N2. The molecule has 9 rings (SSSR count). The second kappa shape index (κ2) is 8.58. The van der Waals surface area contributed by atoms with Crippen molar-refractivity contribution in [1.82, 2.24) is 4.98 Å². The number of hydrogen-bond donors (Lipinski definition) is 1. The van der Waals surface area contributed by atoms with Crippen molar-refractivity contribution in [3.63, 3.8) is 0 Å². The molecule has 0 fully saturated rings. The number of fused-ring (bicyclic) bond motifs is 9. The zero-order valence-electron chi connectivity index (χ0n) is 23.2.